The van der Waals surface area contributed by atoms with Gasteiger partial charge in [-0.3, -0.25) is 4.79 Å². The topological polar surface area (TPSA) is 79.5 Å². The number of hydrogen-bond donors (Lipinski definition) is 2. The summed E-state index contributed by atoms with van der Waals surface area (Å²) in [6, 6.07) is 5.68. The molecule has 1 fully saturated rings. The van der Waals surface area contributed by atoms with Crippen LogP contribution in [0, 0.1) is 5.92 Å². The fraction of sp³-hybridized carbons (Fsp3) is 0.529. The van der Waals surface area contributed by atoms with E-state index in [4.69, 9.17) is 9.47 Å². The third-order valence-electron chi connectivity index (χ3n) is 4.42. The molecule has 1 atom stereocenters. The standard InChI is InChI=1S/C17H24N4O3/c1-23-8-7-21-6-5-12(11-21)17(22)18-10-16-19-14-4-3-13(24-2)9-15(14)20-16/h3-4,9,12H,5-8,10-11H2,1-2H3,(H,18,22)(H,19,20)/t12-/m0/s1. The molecule has 0 spiro atoms. The lowest BCUT2D eigenvalue weighted by atomic mass is 10.1. The number of H-pyrrole nitrogens is 1. The van der Waals surface area contributed by atoms with Crippen LogP contribution in [0.4, 0.5) is 0 Å². The van der Waals surface area contributed by atoms with Crippen molar-refractivity contribution < 1.29 is 14.3 Å². The van der Waals surface area contributed by atoms with Gasteiger partial charge in [-0.15, -0.1) is 0 Å². The molecule has 0 unspecified atom stereocenters. The average Bonchev–Trinajstić information content (AvgIpc) is 3.23. The highest BCUT2D eigenvalue weighted by atomic mass is 16.5. The number of fused-ring (bicyclic) bond motifs is 1. The van der Waals surface area contributed by atoms with E-state index >= 15 is 0 Å². The number of carbonyl (C=O) groups excluding carboxylic acids is 1. The molecule has 1 aromatic heterocycles. The lowest BCUT2D eigenvalue weighted by molar-refractivity contribution is -0.124. The number of imidazole rings is 1. The average molecular weight is 332 g/mol. The number of aromatic amines is 1. The first-order valence-electron chi connectivity index (χ1n) is 8.21. The molecule has 1 aliphatic heterocycles. The summed E-state index contributed by atoms with van der Waals surface area (Å²) < 4.78 is 10.3. The zero-order valence-electron chi connectivity index (χ0n) is 14.2. The van der Waals surface area contributed by atoms with E-state index in [0.717, 1.165) is 48.7 Å². The van der Waals surface area contributed by atoms with Gasteiger partial charge in [-0.2, -0.15) is 0 Å². The van der Waals surface area contributed by atoms with E-state index in [9.17, 15) is 4.79 Å². The Bertz CT molecular complexity index is 700. The predicted molar refractivity (Wildman–Crippen MR) is 90.9 cm³/mol. The van der Waals surface area contributed by atoms with Crippen LogP contribution in [0.25, 0.3) is 11.0 Å². The molecule has 2 aromatic rings. The van der Waals surface area contributed by atoms with Gasteiger partial charge in [0, 0.05) is 26.3 Å². The molecule has 130 valence electrons. The summed E-state index contributed by atoms with van der Waals surface area (Å²) in [6.07, 6.45) is 0.896. The second-order valence-corrected chi connectivity index (χ2v) is 6.06. The lowest BCUT2D eigenvalue weighted by Crippen LogP contribution is -2.33. The fourth-order valence-electron chi connectivity index (χ4n) is 3.04. The van der Waals surface area contributed by atoms with Crippen LogP contribution in [-0.4, -0.2) is 61.2 Å². The van der Waals surface area contributed by atoms with Gasteiger partial charge in [0.2, 0.25) is 5.91 Å². The van der Waals surface area contributed by atoms with Gasteiger partial charge in [0.25, 0.3) is 0 Å². The Morgan fingerprint density at radius 3 is 3.12 bits per heavy atom. The summed E-state index contributed by atoms with van der Waals surface area (Å²) in [5, 5.41) is 2.99. The summed E-state index contributed by atoms with van der Waals surface area (Å²) >= 11 is 0. The second-order valence-electron chi connectivity index (χ2n) is 6.06. The molecule has 0 radical (unpaired) electrons. The maximum absolute atomic E-state index is 12.3. The Morgan fingerprint density at radius 2 is 2.33 bits per heavy atom. The number of methoxy groups -OCH3 is 2. The molecule has 2 N–H and O–H groups in total. The molecule has 1 amide bonds. The fourth-order valence-corrected chi connectivity index (χ4v) is 3.04. The number of nitrogens with zero attached hydrogens (tertiary/aromatic N) is 2. The number of nitrogens with one attached hydrogen (secondary N) is 2. The van der Waals surface area contributed by atoms with Crippen LogP contribution in [0.5, 0.6) is 5.75 Å². The number of likely N-dealkylation sites (tertiary alicyclic amines) is 1. The number of ether oxygens (including phenoxy) is 2. The predicted octanol–water partition coefficient (Wildman–Crippen LogP) is 1.16. The van der Waals surface area contributed by atoms with Crippen LogP contribution < -0.4 is 10.1 Å². The summed E-state index contributed by atoms with van der Waals surface area (Å²) in [4.78, 5) is 22.3. The van der Waals surface area contributed by atoms with Crippen LogP contribution in [0.2, 0.25) is 0 Å². The summed E-state index contributed by atoms with van der Waals surface area (Å²) in [5.74, 6) is 1.67. The number of carbonyl (C=O) groups is 1. The SMILES string of the molecule is COCCN1CC[C@H](C(=O)NCc2nc3ccc(OC)cc3[nH]2)C1. The van der Waals surface area contributed by atoms with Crippen LogP contribution >= 0.6 is 0 Å². The van der Waals surface area contributed by atoms with Crippen LogP contribution in [0.15, 0.2) is 18.2 Å². The third-order valence-corrected chi connectivity index (χ3v) is 4.42. The van der Waals surface area contributed by atoms with Crippen LogP contribution in [0.3, 0.4) is 0 Å². The quantitative estimate of drug-likeness (QED) is 0.795. The van der Waals surface area contributed by atoms with Crippen molar-refractivity contribution in [3.8, 4) is 5.75 Å². The zero-order chi connectivity index (χ0) is 16.9. The van der Waals surface area contributed by atoms with Crippen LogP contribution in [0.1, 0.15) is 12.2 Å². The van der Waals surface area contributed by atoms with Gasteiger partial charge in [-0.25, -0.2) is 4.98 Å². The maximum Gasteiger partial charge on any atom is 0.224 e. The molecular weight excluding hydrogens is 308 g/mol. The minimum atomic E-state index is 0.0475. The van der Waals surface area contributed by atoms with Gasteiger partial charge in [-0.05, 0) is 25.1 Å². The van der Waals surface area contributed by atoms with E-state index in [1.165, 1.54) is 0 Å². The zero-order valence-corrected chi connectivity index (χ0v) is 14.2. The summed E-state index contributed by atoms with van der Waals surface area (Å²) in [5.41, 5.74) is 1.77. The molecule has 1 saturated heterocycles. The van der Waals surface area contributed by atoms with Gasteiger partial charge in [0.1, 0.15) is 11.6 Å². The van der Waals surface area contributed by atoms with Crippen molar-refractivity contribution in [2.45, 2.75) is 13.0 Å². The highest BCUT2D eigenvalue weighted by Crippen LogP contribution is 2.19. The van der Waals surface area contributed by atoms with Crippen molar-refractivity contribution in [3.63, 3.8) is 0 Å². The number of rotatable bonds is 7. The van der Waals surface area contributed by atoms with Crippen LogP contribution in [-0.2, 0) is 16.1 Å². The third kappa shape index (κ3) is 3.85. The first-order valence-corrected chi connectivity index (χ1v) is 8.21. The van der Waals surface area contributed by atoms with Gasteiger partial charge in [-0.1, -0.05) is 0 Å². The molecule has 0 saturated carbocycles. The molecule has 0 bridgehead atoms. The summed E-state index contributed by atoms with van der Waals surface area (Å²) in [7, 11) is 3.33. The molecule has 1 aliphatic rings. The number of amides is 1. The Hall–Kier alpha value is -2.12. The minimum Gasteiger partial charge on any atom is -0.497 e. The van der Waals surface area contributed by atoms with E-state index in [-0.39, 0.29) is 11.8 Å². The molecule has 1 aromatic carbocycles. The normalized spacial score (nSPS) is 18.2. The summed E-state index contributed by atoms with van der Waals surface area (Å²) in [6.45, 7) is 3.74. The number of aromatic nitrogens is 2. The molecule has 7 heteroatoms. The first kappa shape index (κ1) is 16.7. The van der Waals surface area contributed by atoms with E-state index < -0.39 is 0 Å². The molecule has 0 aliphatic carbocycles. The van der Waals surface area contributed by atoms with Crippen molar-refractivity contribution >= 4 is 16.9 Å². The minimum absolute atomic E-state index is 0.0475. The van der Waals surface area contributed by atoms with Crippen molar-refractivity contribution in [3.05, 3.63) is 24.0 Å². The maximum atomic E-state index is 12.3. The van der Waals surface area contributed by atoms with E-state index in [0.29, 0.717) is 13.2 Å². The van der Waals surface area contributed by atoms with Gasteiger partial charge < -0.3 is 24.7 Å². The Balaban J connectivity index is 1.53. The van der Waals surface area contributed by atoms with Gasteiger partial charge >= 0.3 is 0 Å². The Kier molecular flexibility index (Phi) is 5.32. The highest BCUT2D eigenvalue weighted by molar-refractivity contribution is 5.79. The molecule has 3 rings (SSSR count). The van der Waals surface area contributed by atoms with Gasteiger partial charge in [0.15, 0.2) is 0 Å². The van der Waals surface area contributed by atoms with Crippen molar-refractivity contribution in [1.29, 1.82) is 0 Å². The monoisotopic (exact) mass is 332 g/mol. The Labute approximate surface area is 141 Å². The first-order chi connectivity index (χ1) is 11.7. The second kappa shape index (κ2) is 7.63. The van der Waals surface area contributed by atoms with Crippen molar-refractivity contribution in [2.75, 3.05) is 40.5 Å². The molecule has 7 nitrogen and oxygen atoms in total. The molecular formula is C17H24N4O3. The van der Waals surface area contributed by atoms with Crippen molar-refractivity contribution in [2.24, 2.45) is 5.92 Å². The molecule has 2 heterocycles. The number of hydrogen-bond acceptors (Lipinski definition) is 5. The van der Waals surface area contributed by atoms with E-state index in [1.54, 1.807) is 14.2 Å². The van der Waals surface area contributed by atoms with Gasteiger partial charge in [0.05, 0.1) is 37.2 Å². The van der Waals surface area contributed by atoms with Crippen molar-refractivity contribution in [1.82, 2.24) is 20.2 Å². The number of benzene rings is 1. The Morgan fingerprint density at radius 1 is 1.46 bits per heavy atom. The lowest BCUT2D eigenvalue weighted by Gasteiger charge is -2.14. The largest absolute Gasteiger partial charge is 0.497 e. The molecule has 24 heavy (non-hydrogen) atoms. The smallest absolute Gasteiger partial charge is 0.224 e. The van der Waals surface area contributed by atoms with E-state index in [1.807, 2.05) is 18.2 Å². The van der Waals surface area contributed by atoms with E-state index in [2.05, 4.69) is 20.2 Å². The highest BCUT2D eigenvalue weighted by Gasteiger charge is 2.27.